The molecule has 0 unspecified atom stereocenters. The zero-order chi connectivity index (χ0) is 17.1. The predicted molar refractivity (Wildman–Crippen MR) is 92.1 cm³/mol. The summed E-state index contributed by atoms with van der Waals surface area (Å²) in [6.07, 6.45) is 1.56. The summed E-state index contributed by atoms with van der Waals surface area (Å²) in [6, 6.07) is 7.25. The molecule has 3 rings (SSSR count). The lowest BCUT2D eigenvalue weighted by atomic mass is 9.97. The van der Waals surface area contributed by atoms with Crippen molar-refractivity contribution in [3.05, 3.63) is 34.1 Å². The Morgan fingerprint density at radius 3 is 2.67 bits per heavy atom. The molecule has 0 atom stereocenters. The molecule has 0 saturated carbocycles. The van der Waals surface area contributed by atoms with Crippen molar-refractivity contribution in [2.24, 2.45) is 5.92 Å². The van der Waals surface area contributed by atoms with Gasteiger partial charge < -0.3 is 9.15 Å². The van der Waals surface area contributed by atoms with Gasteiger partial charge in [0.2, 0.25) is 5.89 Å². The number of esters is 1. The summed E-state index contributed by atoms with van der Waals surface area (Å²) in [5.74, 6) is 0.333. The van der Waals surface area contributed by atoms with Gasteiger partial charge in [0, 0.05) is 23.7 Å². The van der Waals surface area contributed by atoms with Crippen molar-refractivity contribution in [3.63, 3.8) is 0 Å². The van der Waals surface area contributed by atoms with Crippen molar-refractivity contribution in [3.8, 4) is 11.5 Å². The van der Waals surface area contributed by atoms with E-state index in [4.69, 9.17) is 33.0 Å². The summed E-state index contributed by atoms with van der Waals surface area (Å²) < 4.78 is 12.1. The maximum Gasteiger partial charge on any atom is 0.308 e. The topological polar surface area (TPSA) is 60.5 Å². The molecule has 0 aliphatic carbocycles. The first-order chi connectivity index (χ1) is 11.6. The highest BCUT2D eigenvalue weighted by molar-refractivity contribution is 7.71. The SMILES string of the molecule is COC(=O)C1CCN(Cn2nc(-c3ccc(Cl)cc3)oc2=S)CC1. The number of hydrogen-bond donors (Lipinski definition) is 0. The minimum atomic E-state index is -0.127. The number of piperidine rings is 1. The molecule has 1 aromatic heterocycles. The standard InChI is InChI=1S/C16H18ClN3O3S/c1-22-15(21)12-6-8-19(9-7-12)10-20-16(24)23-14(18-20)11-2-4-13(17)5-3-11/h2-5,12H,6-10H2,1H3. The van der Waals surface area contributed by atoms with Crippen LogP contribution in [0.5, 0.6) is 0 Å². The molecule has 1 fully saturated rings. The highest BCUT2D eigenvalue weighted by Crippen LogP contribution is 2.22. The largest absolute Gasteiger partial charge is 0.469 e. The molecule has 2 heterocycles. The number of likely N-dealkylation sites (tertiary alicyclic amines) is 1. The fourth-order valence-electron chi connectivity index (χ4n) is 2.77. The Kier molecular flexibility index (Phi) is 5.33. The van der Waals surface area contributed by atoms with Gasteiger partial charge in [-0.25, -0.2) is 4.68 Å². The Balaban J connectivity index is 1.65. The van der Waals surface area contributed by atoms with Crippen LogP contribution < -0.4 is 0 Å². The molecule has 0 N–H and O–H groups in total. The Morgan fingerprint density at radius 1 is 1.38 bits per heavy atom. The monoisotopic (exact) mass is 367 g/mol. The summed E-state index contributed by atoms with van der Waals surface area (Å²) in [7, 11) is 1.43. The van der Waals surface area contributed by atoms with Gasteiger partial charge in [-0.15, -0.1) is 5.10 Å². The smallest absolute Gasteiger partial charge is 0.308 e. The zero-order valence-corrected chi connectivity index (χ0v) is 14.8. The first kappa shape index (κ1) is 17.1. The third kappa shape index (κ3) is 3.85. The molecule has 2 aromatic rings. The van der Waals surface area contributed by atoms with E-state index >= 15 is 0 Å². The second-order valence-electron chi connectivity index (χ2n) is 5.74. The number of carbonyl (C=O) groups excluding carboxylic acids is 1. The van der Waals surface area contributed by atoms with E-state index in [2.05, 4.69) is 10.00 Å². The number of rotatable bonds is 4. The molecule has 128 valence electrons. The summed E-state index contributed by atoms with van der Waals surface area (Å²) in [4.78, 5) is 14.1. The molecule has 0 amide bonds. The van der Waals surface area contributed by atoms with E-state index in [0.29, 0.717) is 22.4 Å². The van der Waals surface area contributed by atoms with Crippen LogP contribution in [0.25, 0.3) is 11.5 Å². The first-order valence-corrected chi connectivity index (χ1v) is 8.49. The van der Waals surface area contributed by atoms with E-state index in [0.717, 1.165) is 31.5 Å². The summed E-state index contributed by atoms with van der Waals surface area (Å²) in [6.45, 7) is 2.14. The lowest BCUT2D eigenvalue weighted by molar-refractivity contribution is -0.147. The third-order valence-corrected chi connectivity index (χ3v) is 4.70. The van der Waals surface area contributed by atoms with Crippen LogP contribution in [-0.4, -0.2) is 40.8 Å². The number of aromatic nitrogens is 2. The van der Waals surface area contributed by atoms with Gasteiger partial charge in [-0.1, -0.05) is 11.6 Å². The molecule has 0 radical (unpaired) electrons. The van der Waals surface area contributed by atoms with Gasteiger partial charge >= 0.3 is 5.97 Å². The minimum absolute atomic E-state index is 0.0128. The van der Waals surface area contributed by atoms with Crippen LogP contribution in [0.4, 0.5) is 0 Å². The van der Waals surface area contributed by atoms with Crippen molar-refractivity contribution >= 4 is 29.8 Å². The van der Waals surface area contributed by atoms with Gasteiger partial charge in [0.1, 0.15) is 0 Å². The molecule has 1 aromatic carbocycles. The predicted octanol–water partition coefficient (Wildman–Crippen LogP) is 3.37. The molecule has 0 bridgehead atoms. The van der Waals surface area contributed by atoms with Gasteiger partial charge in [0.25, 0.3) is 4.84 Å². The average Bonchev–Trinajstić information content (AvgIpc) is 2.96. The van der Waals surface area contributed by atoms with Crippen LogP contribution in [0.15, 0.2) is 28.7 Å². The summed E-state index contributed by atoms with van der Waals surface area (Å²) >= 11 is 11.2. The Labute approximate surface area is 150 Å². The fraction of sp³-hybridized carbons (Fsp3) is 0.438. The number of benzene rings is 1. The maximum atomic E-state index is 11.6. The van der Waals surface area contributed by atoms with Crippen molar-refractivity contribution < 1.29 is 13.9 Å². The maximum absolute atomic E-state index is 11.6. The van der Waals surface area contributed by atoms with Gasteiger partial charge in [-0.2, -0.15) is 0 Å². The van der Waals surface area contributed by atoms with Gasteiger partial charge in [0.05, 0.1) is 19.7 Å². The Hall–Kier alpha value is -1.70. The Bertz CT molecular complexity index is 764. The van der Waals surface area contributed by atoms with E-state index in [-0.39, 0.29) is 11.9 Å². The van der Waals surface area contributed by atoms with E-state index in [1.807, 2.05) is 12.1 Å². The van der Waals surface area contributed by atoms with Crippen LogP contribution in [0.3, 0.4) is 0 Å². The van der Waals surface area contributed by atoms with Crippen LogP contribution in [-0.2, 0) is 16.2 Å². The van der Waals surface area contributed by atoms with E-state index in [9.17, 15) is 4.79 Å². The van der Waals surface area contributed by atoms with Crippen LogP contribution in [0, 0.1) is 10.8 Å². The van der Waals surface area contributed by atoms with Crippen molar-refractivity contribution in [1.29, 1.82) is 0 Å². The van der Waals surface area contributed by atoms with Gasteiger partial charge in [-0.05, 0) is 49.3 Å². The highest BCUT2D eigenvalue weighted by atomic mass is 35.5. The third-order valence-electron chi connectivity index (χ3n) is 4.15. The number of nitrogens with zero attached hydrogens (tertiary/aromatic N) is 3. The van der Waals surface area contributed by atoms with Gasteiger partial charge in [-0.3, -0.25) is 9.69 Å². The molecule has 1 aliphatic heterocycles. The Morgan fingerprint density at radius 2 is 2.04 bits per heavy atom. The quantitative estimate of drug-likeness (QED) is 0.610. The summed E-state index contributed by atoms with van der Waals surface area (Å²) in [5.41, 5.74) is 0.827. The minimum Gasteiger partial charge on any atom is -0.469 e. The highest BCUT2D eigenvalue weighted by Gasteiger charge is 2.26. The first-order valence-electron chi connectivity index (χ1n) is 7.71. The van der Waals surface area contributed by atoms with Crippen LogP contribution >= 0.6 is 23.8 Å². The van der Waals surface area contributed by atoms with E-state index < -0.39 is 0 Å². The van der Waals surface area contributed by atoms with Crippen molar-refractivity contribution in [1.82, 2.24) is 14.7 Å². The second-order valence-corrected chi connectivity index (χ2v) is 6.52. The van der Waals surface area contributed by atoms with Crippen molar-refractivity contribution in [2.75, 3.05) is 20.2 Å². The number of ether oxygens (including phenoxy) is 1. The molecular weight excluding hydrogens is 350 g/mol. The molecule has 6 nitrogen and oxygen atoms in total. The average molecular weight is 368 g/mol. The molecule has 1 saturated heterocycles. The second kappa shape index (κ2) is 7.46. The van der Waals surface area contributed by atoms with E-state index in [1.54, 1.807) is 16.8 Å². The number of hydrogen-bond acceptors (Lipinski definition) is 6. The molecular formula is C16H18ClN3O3S. The molecule has 24 heavy (non-hydrogen) atoms. The fourth-order valence-corrected chi connectivity index (χ4v) is 3.07. The van der Waals surface area contributed by atoms with Crippen molar-refractivity contribution in [2.45, 2.75) is 19.5 Å². The summed E-state index contributed by atoms with van der Waals surface area (Å²) in [5, 5.41) is 5.10. The lowest BCUT2D eigenvalue weighted by Crippen LogP contribution is -2.38. The van der Waals surface area contributed by atoms with Gasteiger partial charge in [0.15, 0.2) is 0 Å². The number of methoxy groups -OCH3 is 1. The van der Waals surface area contributed by atoms with Crippen LogP contribution in [0.1, 0.15) is 12.8 Å². The molecule has 1 aliphatic rings. The molecule has 0 spiro atoms. The van der Waals surface area contributed by atoms with E-state index in [1.165, 1.54) is 7.11 Å². The zero-order valence-electron chi connectivity index (χ0n) is 13.3. The lowest BCUT2D eigenvalue weighted by Gasteiger charge is -2.29. The van der Waals surface area contributed by atoms with Crippen LogP contribution in [0.2, 0.25) is 5.02 Å². The number of halogens is 1. The molecule has 8 heteroatoms. The number of carbonyl (C=O) groups is 1. The normalized spacial score (nSPS) is 16.2.